The number of rotatable bonds is 4. The van der Waals surface area contributed by atoms with Gasteiger partial charge in [-0.15, -0.1) is 0 Å². The summed E-state index contributed by atoms with van der Waals surface area (Å²) in [4.78, 5) is 2.49. The van der Waals surface area contributed by atoms with Crippen LogP contribution in [0.3, 0.4) is 0 Å². The Morgan fingerprint density at radius 2 is 1.71 bits per heavy atom. The van der Waals surface area contributed by atoms with Crippen molar-refractivity contribution in [2.45, 2.75) is 6.54 Å². The lowest BCUT2D eigenvalue weighted by atomic mass is 10.0. The number of sulfone groups is 1. The van der Waals surface area contributed by atoms with Crippen LogP contribution in [0, 0.1) is 0 Å². The van der Waals surface area contributed by atoms with Crippen molar-refractivity contribution in [1.29, 1.82) is 0 Å². The van der Waals surface area contributed by atoms with E-state index in [9.17, 15) is 8.42 Å². The smallest absolute Gasteiger partial charge is 0.176 e. The van der Waals surface area contributed by atoms with Crippen LogP contribution in [0.1, 0.15) is 11.1 Å². The summed E-state index contributed by atoms with van der Waals surface area (Å²) in [7, 11) is -3.40. The monoisotopic (exact) mass is 381 g/mol. The van der Waals surface area contributed by atoms with Crippen LogP contribution < -0.4 is 0 Å². The molecule has 1 heterocycles. The van der Waals surface area contributed by atoms with Gasteiger partial charge in [0.15, 0.2) is 9.84 Å². The predicted octanol–water partition coefficient (Wildman–Crippen LogP) is 4.26. The lowest BCUT2D eigenvalue weighted by Gasteiger charge is -2.35. The molecule has 3 rings (SSSR count). The SMILES string of the molecule is CS(=O)(=O)C(=C1CN(Cc2ccccc2)C1)c1cccc(Cl)c1Cl. The van der Waals surface area contributed by atoms with E-state index in [1.807, 2.05) is 18.2 Å². The van der Waals surface area contributed by atoms with Crippen molar-refractivity contribution >= 4 is 37.9 Å². The third-order valence-corrected chi connectivity index (χ3v) is 6.04. The summed E-state index contributed by atoms with van der Waals surface area (Å²) in [5.41, 5.74) is 2.57. The van der Waals surface area contributed by atoms with E-state index < -0.39 is 9.84 Å². The number of halogens is 2. The summed E-state index contributed by atoms with van der Waals surface area (Å²) in [6.07, 6.45) is 1.21. The highest BCUT2D eigenvalue weighted by atomic mass is 35.5. The van der Waals surface area contributed by atoms with E-state index in [0.29, 0.717) is 28.6 Å². The standard InChI is InChI=1S/C18H17Cl2NO2S/c1-24(22,23)18(15-8-5-9-16(19)17(15)20)14-11-21(12-14)10-13-6-3-2-4-7-13/h2-9H,10-12H2,1H3. The van der Waals surface area contributed by atoms with E-state index in [0.717, 1.165) is 12.1 Å². The number of likely N-dealkylation sites (tertiary alicyclic amines) is 1. The van der Waals surface area contributed by atoms with Crippen LogP contribution in [0.25, 0.3) is 4.91 Å². The Balaban J connectivity index is 1.89. The minimum atomic E-state index is -3.40. The van der Waals surface area contributed by atoms with E-state index in [4.69, 9.17) is 23.2 Å². The van der Waals surface area contributed by atoms with Crippen LogP contribution in [-0.2, 0) is 16.4 Å². The predicted molar refractivity (Wildman–Crippen MR) is 99.9 cm³/mol. The molecule has 1 aliphatic rings. The molecule has 0 aromatic heterocycles. The zero-order chi connectivity index (χ0) is 17.3. The van der Waals surface area contributed by atoms with Gasteiger partial charge >= 0.3 is 0 Å². The molecule has 0 aliphatic carbocycles. The van der Waals surface area contributed by atoms with Gasteiger partial charge in [-0.25, -0.2) is 8.42 Å². The van der Waals surface area contributed by atoms with Crippen molar-refractivity contribution in [2.75, 3.05) is 19.3 Å². The molecule has 126 valence electrons. The molecule has 2 aromatic rings. The Hall–Kier alpha value is -1.33. The molecule has 1 aliphatic heterocycles. The van der Waals surface area contributed by atoms with Crippen molar-refractivity contribution in [3.05, 3.63) is 75.3 Å². The molecule has 1 saturated heterocycles. The van der Waals surface area contributed by atoms with Gasteiger partial charge in [-0.2, -0.15) is 0 Å². The summed E-state index contributed by atoms with van der Waals surface area (Å²) in [6.45, 7) is 2.02. The number of hydrogen-bond acceptors (Lipinski definition) is 3. The molecule has 0 bridgehead atoms. The van der Waals surface area contributed by atoms with Crippen molar-refractivity contribution in [1.82, 2.24) is 4.90 Å². The van der Waals surface area contributed by atoms with Gasteiger partial charge in [0.05, 0.1) is 15.0 Å². The third-order valence-electron chi connectivity index (χ3n) is 3.97. The second-order valence-corrected chi connectivity index (χ2v) is 8.67. The lowest BCUT2D eigenvalue weighted by Crippen LogP contribution is -2.40. The highest BCUT2D eigenvalue weighted by Crippen LogP contribution is 2.37. The summed E-state index contributed by atoms with van der Waals surface area (Å²) in [5.74, 6) is 0. The van der Waals surface area contributed by atoms with Gasteiger partial charge in [0.1, 0.15) is 0 Å². The molecule has 0 spiro atoms. The maximum atomic E-state index is 12.3. The zero-order valence-corrected chi connectivity index (χ0v) is 15.5. The minimum absolute atomic E-state index is 0.286. The van der Waals surface area contributed by atoms with Gasteiger partial charge in [0.25, 0.3) is 0 Å². The number of benzene rings is 2. The Labute approximate surface area is 152 Å². The average molecular weight is 382 g/mol. The van der Waals surface area contributed by atoms with E-state index in [2.05, 4.69) is 17.0 Å². The molecule has 0 radical (unpaired) electrons. The fourth-order valence-corrected chi connectivity index (χ4v) is 4.60. The van der Waals surface area contributed by atoms with E-state index in [1.54, 1.807) is 18.2 Å². The number of hydrogen-bond donors (Lipinski definition) is 0. The third kappa shape index (κ3) is 3.67. The highest BCUT2D eigenvalue weighted by Gasteiger charge is 2.30. The van der Waals surface area contributed by atoms with E-state index >= 15 is 0 Å². The van der Waals surface area contributed by atoms with Gasteiger partial charge in [-0.05, 0) is 17.2 Å². The molecule has 3 nitrogen and oxygen atoms in total. The highest BCUT2D eigenvalue weighted by molar-refractivity contribution is 8.00. The Kier molecular flexibility index (Phi) is 5.02. The van der Waals surface area contributed by atoms with Gasteiger partial charge in [0, 0.05) is 31.5 Å². The van der Waals surface area contributed by atoms with Crippen LogP contribution in [0.4, 0.5) is 0 Å². The maximum Gasteiger partial charge on any atom is 0.176 e. The van der Waals surface area contributed by atoms with Crippen molar-refractivity contribution in [3.63, 3.8) is 0 Å². The summed E-state index contributed by atoms with van der Waals surface area (Å²) < 4.78 is 24.6. The average Bonchev–Trinajstić information content (AvgIpc) is 2.49. The summed E-state index contributed by atoms with van der Waals surface area (Å²) in [6, 6.07) is 15.2. The molecule has 6 heteroatoms. The van der Waals surface area contributed by atoms with Crippen LogP contribution in [0.2, 0.25) is 10.0 Å². The summed E-state index contributed by atoms with van der Waals surface area (Å²) in [5, 5.41) is 0.644. The first-order chi connectivity index (χ1) is 11.4. The first kappa shape index (κ1) is 17.5. The normalized spacial score (nSPS) is 15.2. The molecule has 0 unspecified atom stereocenters. The fraction of sp³-hybridized carbons (Fsp3) is 0.222. The number of nitrogens with zero attached hydrogens (tertiary/aromatic N) is 1. The first-order valence-electron chi connectivity index (χ1n) is 7.49. The Bertz CT molecular complexity index is 884. The second-order valence-electron chi connectivity index (χ2n) is 5.94. The van der Waals surface area contributed by atoms with Crippen LogP contribution in [0.5, 0.6) is 0 Å². The molecule has 24 heavy (non-hydrogen) atoms. The fourth-order valence-electron chi connectivity index (χ4n) is 2.92. The molecule has 0 atom stereocenters. The molecule has 2 aromatic carbocycles. The van der Waals surface area contributed by atoms with Crippen LogP contribution in [0.15, 0.2) is 54.1 Å². The van der Waals surface area contributed by atoms with Crippen molar-refractivity contribution < 1.29 is 8.42 Å². The molecule has 1 fully saturated rings. The lowest BCUT2D eigenvalue weighted by molar-refractivity contribution is 0.243. The van der Waals surface area contributed by atoms with Gasteiger partial charge in [-0.1, -0.05) is 65.7 Å². The van der Waals surface area contributed by atoms with Crippen LogP contribution in [-0.4, -0.2) is 32.7 Å². The second kappa shape index (κ2) is 6.89. The van der Waals surface area contributed by atoms with Crippen molar-refractivity contribution in [3.8, 4) is 0 Å². The maximum absolute atomic E-state index is 12.3. The molecule has 0 saturated carbocycles. The molecule has 0 amide bonds. The Morgan fingerprint density at radius 1 is 1.04 bits per heavy atom. The Morgan fingerprint density at radius 3 is 2.33 bits per heavy atom. The topological polar surface area (TPSA) is 37.4 Å². The largest absolute Gasteiger partial charge is 0.291 e. The van der Waals surface area contributed by atoms with Gasteiger partial charge in [-0.3, -0.25) is 4.90 Å². The molecule has 0 N–H and O–H groups in total. The van der Waals surface area contributed by atoms with E-state index in [-0.39, 0.29) is 5.02 Å². The van der Waals surface area contributed by atoms with E-state index in [1.165, 1.54) is 11.8 Å². The van der Waals surface area contributed by atoms with Crippen LogP contribution >= 0.6 is 23.2 Å². The molecular weight excluding hydrogens is 365 g/mol. The minimum Gasteiger partial charge on any atom is -0.291 e. The van der Waals surface area contributed by atoms with Crippen molar-refractivity contribution in [2.24, 2.45) is 0 Å². The van der Waals surface area contributed by atoms with Gasteiger partial charge in [0.2, 0.25) is 0 Å². The quantitative estimate of drug-likeness (QED) is 0.793. The molecular formula is C18H17Cl2NO2S. The first-order valence-corrected chi connectivity index (χ1v) is 10.1. The summed E-state index contributed by atoms with van der Waals surface area (Å²) >= 11 is 12.3. The zero-order valence-electron chi connectivity index (χ0n) is 13.2. The van der Waals surface area contributed by atoms with Gasteiger partial charge < -0.3 is 0 Å².